The largest absolute Gasteiger partial charge is 0.496 e. The van der Waals surface area contributed by atoms with Gasteiger partial charge in [0, 0.05) is 25.2 Å². The Morgan fingerprint density at radius 1 is 1.04 bits per heavy atom. The highest BCUT2D eigenvalue weighted by atomic mass is 16.5. The Kier molecular flexibility index (Phi) is 4.84. The van der Waals surface area contributed by atoms with E-state index in [1.165, 1.54) is 0 Å². The number of para-hydroxylation sites is 1. The number of pyridine rings is 1. The van der Waals surface area contributed by atoms with Gasteiger partial charge in [-0.3, -0.25) is 9.78 Å². The van der Waals surface area contributed by atoms with Crippen molar-refractivity contribution in [2.45, 2.75) is 6.54 Å². The predicted molar refractivity (Wildman–Crippen MR) is 97.1 cm³/mol. The summed E-state index contributed by atoms with van der Waals surface area (Å²) in [6, 6.07) is 15.3. The van der Waals surface area contributed by atoms with Crippen LogP contribution < -0.4 is 9.47 Å². The summed E-state index contributed by atoms with van der Waals surface area (Å²) in [6.45, 7) is 0.442. The van der Waals surface area contributed by atoms with Crippen molar-refractivity contribution in [2.75, 3.05) is 21.3 Å². The lowest BCUT2D eigenvalue weighted by Crippen LogP contribution is -2.27. The van der Waals surface area contributed by atoms with Crippen LogP contribution in [0.15, 0.2) is 54.7 Å². The summed E-state index contributed by atoms with van der Waals surface area (Å²) in [5.74, 6) is 0.822. The molecule has 0 radical (unpaired) electrons. The molecule has 0 bridgehead atoms. The predicted octanol–water partition coefficient (Wildman–Crippen LogP) is 3.52. The molecular weight excluding hydrogens is 316 g/mol. The third-order valence-electron chi connectivity index (χ3n) is 4.06. The molecule has 0 N–H and O–H groups in total. The van der Waals surface area contributed by atoms with Crippen molar-refractivity contribution in [2.24, 2.45) is 0 Å². The molecule has 0 unspecified atom stereocenters. The summed E-state index contributed by atoms with van der Waals surface area (Å²) < 4.78 is 10.7. The number of amides is 1. The molecule has 3 aromatic rings. The van der Waals surface area contributed by atoms with Gasteiger partial charge >= 0.3 is 0 Å². The van der Waals surface area contributed by atoms with Crippen molar-refractivity contribution >= 4 is 16.8 Å². The number of nitrogens with zero attached hydrogens (tertiary/aromatic N) is 2. The first-order chi connectivity index (χ1) is 12.1. The number of hydrogen-bond acceptors (Lipinski definition) is 4. The van der Waals surface area contributed by atoms with Gasteiger partial charge in [-0.25, -0.2) is 0 Å². The fraction of sp³-hybridized carbons (Fsp3) is 0.200. The molecule has 0 spiro atoms. The van der Waals surface area contributed by atoms with Crippen molar-refractivity contribution in [3.8, 4) is 11.5 Å². The zero-order valence-corrected chi connectivity index (χ0v) is 14.5. The molecule has 5 heteroatoms. The van der Waals surface area contributed by atoms with E-state index in [0.29, 0.717) is 23.6 Å². The lowest BCUT2D eigenvalue weighted by Gasteiger charge is -2.20. The SMILES string of the molecule is COc1cccc(OC)c1C(=O)N(C)Cc1cnc2ccccc2c1. The number of carbonyl (C=O) groups is 1. The number of rotatable bonds is 5. The Hall–Kier alpha value is -3.08. The Labute approximate surface area is 146 Å². The lowest BCUT2D eigenvalue weighted by molar-refractivity contribution is 0.0778. The molecule has 0 aliphatic rings. The van der Waals surface area contributed by atoms with Crippen LogP contribution in [-0.4, -0.2) is 37.1 Å². The van der Waals surface area contributed by atoms with Gasteiger partial charge in [0.1, 0.15) is 17.1 Å². The normalized spacial score (nSPS) is 10.5. The molecule has 1 amide bonds. The van der Waals surface area contributed by atoms with E-state index in [9.17, 15) is 4.79 Å². The molecule has 25 heavy (non-hydrogen) atoms. The van der Waals surface area contributed by atoms with Crippen LogP contribution >= 0.6 is 0 Å². The van der Waals surface area contributed by atoms with Gasteiger partial charge in [0.25, 0.3) is 5.91 Å². The van der Waals surface area contributed by atoms with Crippen molar-refractivity contribution < 1.29 is 14.3 Å². The van der Waals surface area contributed by atoms with Gasteiger partial charge in [-0.15, -0.1) is 0 Å². The lowest BCUT2D eigenvalue weighted by atomic mass is 10.1. The standard InChI is InChI=1S/C20H20N2O3/c1-22(13-14-11-15-7-4-5-8-16(15)21-12-14)20(23)19-17(24-2)9-6-10-18(19)25-3/h4-12H,13H2,1-3H3. The molecule has 0 aliphatic carbocycles. The minimum atomic E-state index is -0.164. The molecule has 0 atom stereocenters. The fourth-order valence-corrected chi connectivity index (χ4v) is 2.80. The monoisotopic (exact) mass is 336 g/mol. The summed E-state index contributed by atoms with van der Waals surface area (Å²) in [5.41, 5.74) is 2.32. The summed E-state index contributed by atoms with van der Waals surface area (Å²) in [7, 11) is 4.83. The highest BCUT2D eigenvalue weighted by molar-refractivity contribution is 5.99. The van der Waals surface area contributed by atoms with Crippen LogP contribution in [0.5, 0.6) is 11.5 Å². The molecule has 0 saturated heterocycles. The number of fused-ring (bicyclic) bond motifs is 1. The Balaban J connectivity index is 1.87. The third kappa shape index (κ3) is 3.40. The van der Waals surface area contributed by atoms with E-state index < -0.39 is 0 Å². The van der Waals surface area contributed by atoms with Crippen molar-refractivity contribution in [3.05, 3.63) is 65.9 Å². The van der Waals surface area contributed by atoms with Gasteiger partial charge in [0.15, 0.2) is 0 Å². The number of hydrogen-bond donors (Lipinski definition) is 0. The smallest absolute Gasteiger partial charge is 0.261 e. The van der Waals surface area contributed by atoms with Crippen molar-refractivity contribution in [1.82, 2.24) is 9.88 Å². The average Bonchev–Trinajstić information content (AvgIpc) is 2.66. The molecule has 2 aromatic carbocycles. The van der Waals surface area contributed by atoms with Gasteiger partial charge in [-0.2, -0.15) is 0 Å². The number of aromatic nitrogens is 1. The highest BCUT2D eigenvalue weighted by Gasteiger charge is 2.21. The maximum Gasteiger partial charge on any atom is 0.261 e. The van der Waals surface area contributed by atoms with Gasteiger partial charge in [-0.1, -0.05) is 24.3 Å². The quantitative estimate of drug-likeness (QED) is 0.715. The fourth-order valence-electron chi connectivity index (χ4n) is 2.80. The molecule has 3 rings (SSSR count). The second-order valence-corrected chi connectivity index (χ2v) is 5.74. The second-order valence-electron chi connectivity index (χ2n) is 5.74. The minimum Gasteiger partial charge on any atom is -0.496 e. The van der Waals surface area contributed by atoms with Crippen LogP contribution in [-0.2, 0) is 6.54 Å². The molecular formula is C20H20N2O3. The zero-order chi connectivity index (χ0) is 17.8. The van der Waals surface area contributed by atoms with E-state index >= 15 is 0 Å². The van der Waals surface area contributed by atoms with Crippen molar-refractivity contribution in [3.63, 3.8) is 0 Å². The second kappa shape index (κ2) is 7.21. The molecule has 1 aromatic heterocycles. The van der Waals surface area contributed by atoms with E-state index in [-0.39, 0.29) is 5.91 Å². The van der Waals surface area contributed by atoms with E-state index in [0.717, 1.165) is 16.5 Å². The molecule has 128 valence electrons. The van der Waals surface area contributed by atoms with Gasteiger partial charge in [0.05, 0.1) is 19.7 Å². The first-order valence-electron chi connectivity index (χ1n) is 7.94. The van der Waals surface area contributed by atoms with E-state index in [1.54, 1.807) is 50.6 Å². The molecule has 5 nitrogen and oxygen atoms in total. The Morgan fingerprint density at radius 3 is 2.40 bits per heavy atom. The number of ether oxygens (including phenoxy) is 2. The maximum absolute atomic E-state index is 12.9. The summed E-state index contributed by atoms with van der Waals surface area (Å²) in [4.78, 5) is 19.0. The third-order valence-corrected chi connectivity index (χ3v) is 4.06. The zero-order valence-electron chi connectivity index (χ0n) is 14.5. The van der Waals surface area contributed by atoms with Crippen LogP contribution in [0.2, 0.25) is 0 Å². The number of methoxy groups -OCH3 is 2. The first kappa shape index (κ1) is 16.8. The van der Waals surface area contributed by atoms with Crippen LogP contribution in [0.1, 0.15) is 15.9 Å². The number of benzene rings is 2. The van der Waals surface area contributed by atoms with Gasteiger partial charge in [0.2, 0.25) is 0 Å². The molecule has 1 heterocycles. The molecule has 0 aliphatic heterocycles. The van der Waals surface area contributed by atoms with E-state index in [1.807, 2.05) is 30.3 Å². The van der Waals surface area contributed by atoms with E-state index in [2.05, 4.69) is 4.98 Å². The highest BCUT2D eigenvalue weighted by Crippen LogP contribution is 2.29. The summed E-state index contributed by atoms with van der Waals surface area (Å²) in [5, 5.41) is 1.05. The maximum atomic E-state index is 12.9. The van der Waals surface area contributed by atoms with Crippen molar-refractivity contribution in [1.29, 1.82) is 0 Å². The first-order valence-corrected chi connectivity index (χ1v) is 7.94. The summed E-state index contributed by atoms with van der Waals surface area (Å²) >= 11 is 0. The van der Waals surface area contributed by atoms with Crippen LogP contribution in [0.4, 0.5) is 0 Å². The average molecular weight is 336 g/mol. The Morgan fingerprint density at radius 2 is 1.72 bits per heavy atom. The number of carbonyl (C=O) groups excluding carboxylic acids is 1. The van der Waals surface area contributed by atoms with Gasteiger partial charge < -0.3 is 14.4 Å². The molecule has 0 fully saturated rings. The van der Waals surface area contributed by atoms with Gasteiger partial charge in [-0.05, 0) is 29.8 Å². The Bertz CT molecular complexity index is 886. The summed E-state index contributed by atoms with van der Waals surface area (Å²) in [6.07, 6.45) is 1.80. The topological polar surface area (TPSA) is 51.7 Å². The van der Waals surface area contributed by atoms with Crippen LogP contribution in [0, 0.1) is 0 Å². The van der Waals surface area contributed by atoms with Crippen LogP contribution in [0.25, 0.3) is 10.9 Å². The minimum absolute atomic E-state index is 0.164. The van der Waals surface area contributed by atoms with Crippen LogP contribution in [0.3, 0.4) is 0 Å². The molecule has 0 saturated carbocycles. The van der Waals surface area contributed by atoms with E-state index in [4.69, 9.17) is 9.47 Å².